The summed E-state index contributed by atoms with van der Waals surface area (Å²) in [5.41, 5.74) is 2.53. The number of hydrogen-bond acceptors (Lipinski definition) is 3. The zero-order valence-electron chi connectivity index (χ0n) is 16.2. The van der Waals surface area contributed by atoms with E-state index in [1.807, 2.05) is 45.0 Å². The van der Waals surface area contributed by atoms with Crippen molar-refractivity contribution in [3.63, 3.8) is 0 Å². The third kappa shape index (κ3) is 4.09. The van der Waals surface area contributed by atoms with Gasteiger partial charge in [0.2, 0.25) is 5.91 Å². The first-order valence-corrected chi connectivity index (χ1v) is 9.56. The number of imide groups is 1. The molecule has 0 aromatic heterocycles. The van der Waals surface area contributed by atoms with Crippen LogP contribution in [0.15, 0.2) is 42.5 Å². The molecule has 3 rings (SSSR count). The highest BCUT2D eigenvalue weighted by Crippen LogP contribution is 2.25. The molecule has 0 fully saturated rings. The number of amides is 3. The molecule has 0 spiro atoms. The maximum atomic E-state index is 12.5. The molecule has 5 nitrogen and oxygen atoms in total. The monoisotopic (exact) mass is 398 g/mol. The van der Waals surface area contributed by atoms with Gasteiger partial charge in [-0.15, -0.1) is 0 Å². The smallest absolute Gasteiger partial charge is 0.261 e. The van der Waals surface area contributed by atoms with Gasteiger partial charge in [0.1, 0.15) is 0 Å². The van der Waals surface area contributed by atoms with Crippen LogP contribution in [0.4, 0.5) is 0 Å². The molecule has 6 heteroatoms. The molecular formula is C22H23ClN2O3. The molecule has 0 saturated carbocycles. The van der Waals surface area contributed by atoms with Gasteiger partial charge >= 0.3 is 0 Å². The van der Waals surface area contributed by atoms with E-state index in [1.165, 1.54) is 0 Å². The molecule has 2 aromatic carbocycles. The van der Waals surface area contributed by atoms with E-state index < -0.39 is 0 Å². The Bertz CT molecular complexity index is 935. The summed E-state index contributed by atoms with van der Waals surface area (Å²) in [4.78, 5) is 38.3. The van der Waals surface area contributed by atoms with Crippen LogP contribution in [0.1, 0.15) is 52.1 Å². The summed E-state index contributed by atoms with van der Waals surface area (Å²) in [7, 11) is 0. The minimum Gasteiger partial charge on any atom is -0.355 e. The number of halogens is 1. The van der Waals surface area contributed by atoms with Crippen molar-refractivity contribution in [1.82, 2.24) is 10.2 Å². The molecule has 1 aliphatic heterocycles. The van der Waals surface area contributed by atoms with Crippen LogP contribution in [0.5, 0.6) is 0 Å². The molecule has 0 saturated heterocycles. The van der Waals surface area contributed by atoms with Crippen LogP contribution in [0.2, 0.25) is 5.02 Å². The van der Waals surface area contributed by atoms with Crippen LogP contribution in [-0.4, -0.2) is 35.7 Å². The fourth-order valence-electron chi connectivity index (χ4n) is 3.23. The van der Waals surface area contributed by atoms with E-state index in [4.69, 9.17) is 11.6 Å². The Morgan fingerprint density at radius 2 is 1.68 bits per heavy atom. The molecule has 28 heavy (non-hydrogen) atoms. The molecule has 0 radical (unpaired) electrons. The first-order valence-electron chi connectivity index (χ1n) is 9.18. The first kappa shape index (κ1) is 20.1. The molecule has 0 bridgehead atoms. The average Bonchev–Trinajstić information content (AvgIpc) is 2.88. The standard InChI is InChI=1S/C22H23ClN2O3/c1-14-4-9-17-18(12-14)21(28)25(20(17)27)11-10-19(26)24-13-22(2,3)15-5-7-16(23)8-6-15/h4-9,12H,10-11,13H2,1-3H3,(H,24,26). The number of benzene rings is 2. The molecule has 0 aliphatic carbocycles. The molecular weight excluding hydrogens is 376 g/mol. The molecule has 1 heterocycles. The van der Waals surface area contributed by atoms with Gasteiger partial charge in [-0.1, -0.05) is 49.2 Å². The second-order valence-corrected chi connectivity index (χ2v) is 8.16. The molecule has 0 atom stereocenters. The van der Waals surface area contributed by atoms with Gasteiger partial charge in [-0.3, -0.25) is 19.3 Å². The largest absolute Gasteiger partial charge is 0.355 e. The summed E-state index contributed by atoms with van der Waals surface area (Å²) >= 11 is 5.93. The van der Waals surface area contributed by atoms with Gasteiger partial charge < -0.3 is 5.32 Å². The van der Waals surface area contributed by atoms with E-state index in [0.717, 1.165) is 16.0 Å². The Morgan fingerprint density at radius 1 is 1.04 bits per heavy atom. The fraction of sp³-hybridized carbons (Fsp3) is 0.318. The van der Waals surface area contributed by atoms with Gasteiger partial charge in [-0.2, -0.15) is 0 Å². The van der Waals surface area contributed by atoms with Crippen LogP contribution >= 0.6 is 11.6 Å². The zero-order valence-corrected chi connectivity index (χ0v) is 17.0. The Balaban J connectivity index is 1.55. The highest BCUT2D eigenvalue weighted by Gasteiger charge is 2.35. The highest BCUT2D eigenvalue weighted by atomic mass is 35.5. The van der Waals surface area contributed by atoms with E-state index >= 15 is 0 Å². The van der Waals surface area contributed by atoms with Gasteiger partial charge in [0.15, 0.2) is 0 Å². The van der Waals surface area contributed by atoms with E-state index in [9.17, 15) is 14.4 Å². The van der Waals surface area contributed by atoms with Crippen molar-refractivity contribution in [3.05, 3.63) is 69.7 Å². The summed E-state index contributed by atoms with van der Waals surface area (Å²) < 4.78 is 0. The molecule has 1 aliphatic rings. The molecule has 1 N–H and O–H groups in total. The Labute approximate surface area is 169 Å². The highest BCUT2D eigenvalue weighted by molar-refractivity contribution is 6.30. The van der Waals surface area contributed by atoms with Crippen LogP contribution in [-0.2, 0) is 10.2 Å². The van der Waals surface area contributed by atoms with Crippen molar-refractivity contribution in [3.8, 4) is 0 Å². The third-order valence-electron chi connectivity index (χ3n) is 5.04. The quantitative estimate of drug-likeness (QED) is 0.754. The van der Waals surface area contributed by atoms with Crippen molar-refractivity contribution < 1.29 is 14.4 Å². The van der Waals surface area contributed by atoms with Gasteiger partial charge in [0.25, 0.3) is 11.8 Å². The lowest BCUT2D eigenvalue weighted by atomic mass is 9.84. The number of carbonyl (C=O) groups excluding carboxylic acids is 3. The number of nitrogens with one attached hydrogen (secondary N) is 1. The number of rotatable bonds is 6. The molecule has 3 amide bonds. The number of carbonyl (C=O) groups is 3. The Morgan fingerprint density at radius 3 is 2.36 bits per heavy atom. The van der Waals surface area contributed by atoms with E-state index in [1.54, 1.807) is 18.2 Å². The Hall–Kier alpha value is -2.66. The number of fused-ring (bicyclic) bond motifs is 1. The summed E-state index contributed by atoms with van der Waals surface area (Å²) in [5, 5.41) is 3.57. The van der Waals surface area contributed by atoms with Crippen molar-refractivity contribution >= 4 is 29.3 Å². The second kappa shape index (κ2) is 7.76. The SMILES string of the molecule is Cc1ccc2c(c1)C(=O)N(CCC(=O)NCC(C)(C)c1ccc(Cl)cc1)C2=O. The lowest BCUT2D eigenvalue weighted by Gasteiger charge is -2.26. The van der Waals surface area contributed by atoms with E-state index in [0.29, 0.717) is 22.7 Å². The lowest BCUT2D eigenvalue weighted by Crippen LogP contribution is -2.39. The zero-order chi connectivity index (χ0) is 20.5. The number of aryl methyl sites for hydroxylation is 1. The van der Waals surface area contributed by atoms with Gasteiger partial charge in [0, 0.05) is 29.9 Å². The van der Waals surface area contributed by atoms with Crippen molar-refractivity contribution in [2.45, 2.75) is 32.6 Å². The maximum Gasteiger partial charge on any atom is 0.261 e. The molecule has 146 valence electrons. The maximum absolute atomic E-state index is 12.5. The normalized spacial score (nSPS) is 13.6. The van der Waals surface area contributed by atoms with Gasteiger partial charge in [0.05, 0.1) is 11.1 Å². The predicted molar refractivity (Wildman–Crippen MR) is 109 cm³/mol. The molecule has 2 aromatic rings. The Kier molecular flexibility index (Phi) is 5.57. The topological polar surface area (TPSA) is 66.5 Å². The number of hydrogen-bond donors (Lipinski definition) is 1. The summed E-state index contributed by atoms with van der Waals surface area (Å²) in [6.07, 6.45) is 0.0706. The average molecular weight is 399 g/mol. The van der Waals surface area contributed by atoms with E-state index in [2.05, 4.69) is 5.32 Å². The number of nitrogens with zero attached hydrogens (tertiary/aromatic N) is 1. The summed E-state index contributed by atoms with van der Waals surface area (Å²) in [5.74, 6) is -0.873. The van der Waals surface area contributed by atoms with Gasteiger partial charge in [-0.25, -0.2) is 0 Å². The lowest BCUT2D eigenvalue weighted by molar-refractivity contribution is -0.121. The van der Waals surface area contributed by atoms with Crippen molar-refractivity contribution in [1.29, 1.82) is 0 Å². The minimum absolute atomic E-state index is 0.0681. The first-order chi connectivity index (χ1) is 13.2. The van der Waals surface area contributed by atoms with Crippen LogP contribution in [0, 0.1) is 6.92 Å². The summed E-state index contributed by atoms with van der Waals surface area (Å²) in [6.45, 7) is 6.44. The fourth-order valence-corrected chi connectivity index (χ4v) is 3.36. The summed E-state index contributed by atoms with van der Waals surface area (Å²) in [6, 6.07) is 12.7. The second-order valence-electron chi connectivity index (χ2n) is 7.73. The van der Waals surface area contributed by atoms with Crippen molar-refractivity contribution in [2.24, 2.45) is 0 Å². The van der Waals surface area contributed by atoms with E-state index in [-0.39, 0.29) is 36.1 Å². The predicted octanol–water partition coefficient (Wildman–Crippen LogP) is 3.73. The van der Waals surface area contributed by atoms with Crippen molar-refractivity contribution in [2.75, 3.05) is 13.1 Å². The third-order valence-corrected chi connectivity index (χ3v) is 5.29. The van der Waals surface area contributed by atoms with Crippen LogP contribution < -0.4 is 5.32 Å². The molecule has 0 unspecified atom stereocenters. The van der Waals surface area contributed by atoms with Crippen LogP contribution in [0.3, 0.4) is 0 Å². The van der Waals surface area contributed by atoms with Gasteiger partial charge in [-0.05, 0) is 36.8 Å². The van der Waals surface area contributed by atoms with Crippen LogP contribution in [0.25, 0.3) is 0 Å². The minimum atomic E-state index is -0.339.